The Hall–Kier alpha value is -4.59. The molecule has 4 heterocycles. The van der Waals surface area contributed by atoms with E-state index in [2.05, 4.69) is 20.9 Å². The van der Waals surface area contributed by atoms with Crippen molar-refractivity contribution in [1.29, 1.82) is 0 Å². The first-order valence-corrected chi connectivity index (χ1v) is 17.4. The van der Waals surface area contributed by atoms with Crippen LogP contribution >= 0.6 is 23.2 Å². The predicted octanol–water partition coefficient (Wildman–Crippen LogP) is 4.74. The third kappa shape index (κ3) is 8.49. The first-order chi connectivity index (χ1) is 24.6. The van der Waals surface area contributed by atoms with Crippen LogP contribution in [0.5, 0.6) is 5.88 Å². The Morgan fingerprint density at radius 1 is 0.980 bits per heavy atom. The molecule has 0 aliphatic carbocycles. The lowest BCUT2D eigenvalue weighted by atomic mass is 9.98. The molecular formula is C37H40Cl2N8O4. The predicted molar refractivity (Wildman–Crippen MR) is 198 cm³/mol. The van der Waals surface area contributed by atoms with Gasteiger partial charge in [0.05, 0.1) is 53.0 Å². The normalized spacial score (nSPS) is 14.9. The van der Waals surface area contributed by atoms with E-state index in [0.717, 1.165) is 39.9 Å². The number of amides is 2. The van der Waals surface area contributed by atoms with E-state index in [1.807, 2.05) is 66.9 Å². The third-order valence-corrected chi connectivity index (χ3v) is 9.54. The molecular weight excluding hydrogens is 691 g/mol. The number of nitrogens with one attached hydrogen (secondary N) is 3. The van der Waals surface area contributed by atoms with Crippen molar-refractivity contribution in [3.8, 4) is 39.5 Å². The molecule has 4 N–H and O–H groups in total. The number of pyridine rings is 1. The maximum absolute atomic E-state index is 11.8. The maximum atomic E-state index is 11.8. The molecule has 0 spiro atoms. The molecule has 14 heteroatoms. The van der Waals surface area contributed by atoms with Crippen LogP contribution in [0.2, 0.25) is 10.0 Å². The van der Waals surface area contributed by atoms with E-state index in [-0.39, 0.29) is 30.8 Å². The Morgan fingerprint density at radius 2 is 1.67 bits per heavy atom. The summed E-state index contributed by atoms with van der Waals surface area (Å²) in [6.07, 6.45) is 2.47. The molecule has 2 aromatic carbocycles. The number of hydrogen-bond donors (Lipinski definition) is 4. The van der Waals surface area contributed by atoms with Crippen LogP contribution in [0.4, 0.5) is 0 Å². The number of halogens is 2. The number of ether oxygens (including phenoxy) is 1. The molecule has 6 rings (SSSR count). The number of imidazole rings is 1. The molecule has 0 bridgehead atoms. The summed E-state index contributed by atoms with van der Waals surface area (Å²) in [5.41, 5.74) is 6.57. The van der Waals surface area contributed by atoms with Gasteiger partial charge in [-0.3, -0.25) is 9.59 Å². The summed E-state index contributed by atoms with van der Waals surface area (Å²) in [5.74, 6) is 0.453. The number of hydrogen-bond acceptors (Lipinski definition) is 9. The number of benzene rings is 2. The van der Waals surface area contributed by atoms with E-state index in [0.29, 0.717) is 59.0 Å². The van der Waals surface area contributed by atoms with Crippen LogP contribution < -0.4 is 20.7 Å². The highest BCUT2D eigenvalue weighted by Crippen LogP contribution is 2.42. The SMILES string of the molecule is COc1nc(-c2cccc(-c3cccc(-c4ccc5nc(CNCC(O)CC(=O)N(C)C)cn5n4)c3Cl)c2Cl)ccc1CNCC1CCC(=O)N1. The van der Waals surface area contributed by atoms with Gasteiger partial charge in [0.1, 0.15) is 0 Å². The van der Waals surface area contributed by atoms with Crippen LogP contribution in [0, 0.1) is 0 Å². The molecule has 0 radical (unpaired) electrons. The molecule has 2 atom stereocenters. The van der Waals surface area contributed by atoms with Crippen molar-refractivity contribution < 1.29 is 19.4 Å². The molecule has 2 unspecified atom stereocenters. The lowest BCUT2D eigenvalue weighted by Gasteiger charge is -2.15. The summed E-state index contributed by atoms with van der Waals surface area (Å²) in [6.45, 7) is 1.87. The Kier molecular flexibility index (Phi) is 11.5. The fourth-order valence-electron chi connectivity index (χ4n) is 6.00. The van der Waals surface area contributed by atoms with Crippen molar-refractivity contribution in [3.63, 3.8) is 0 Å². The monoisotopic (exact) mass is 730 g/mol. The molecule has 12 nitrogen and oxygen atoms in total. The topological polar surface area (TPSA) is 146 Å². The van der Waals surface area contributed by atoms with Crippen molar-refractivity contribution in [3.05, 3.63) is 88.2 Å². The smallest absolute Gasteiger partial charge is 0.224 e. The Balaban J connectivity index is 1.18. The van der Waals surface area contributed by atoms with Gasteiger partial charge < -0.3 is 30.7 Å². The van der Waals surface area contributed by atoms with Gasteiger partial charge in [0, 0.05) is 80.6 Å². The first-order valence-electron chi connectivity index (χ1n) is 16.7. The number of nitrogens with zero attached hydrogens (tertiary/aromatic N) is 5. The minimum Gasteiger partial charge on any atom is -0.481 e. The highest BCUT2D eigenvalue weighted by molar-refractivity contribution is 6.39. The second kappa shape index (κ2) is 16.2. The van der Waals surface area contributed by atoms with Gasteiger partial charge in [-0.25, -0.2) is 14.5 Å². The number of aliphatic hydroxyl groups is 1. The molecule has 3 aromatic heterocycles. The Morgan fingerprint density at radius 3 is 2.33 bits per heavy atom. The number of carbonyl (C=O) groups is 2. The largest absolute Gasteiger partial charge is 0.481 e. The summed E-state index contributed by atoms with van der Waals surface area (Å²) in [5, 5.41) is 25.5. The van der Waals surface area contributed by atoms with Crippen molar-refractivity contribution >= 4 is 40.7 Å². The van der Waals surface area contributed by atoms with Crippen molar-refractivity contribution in [2.75, 3.05) is 34.3 Å². The van der Waals surface area contributed by atoms with Crippen molar-refractivity contribution in [2.24, 2.45) is 0 Å². The van der Waals surface area contributed by atoms with Gasteiger partial charge in [-0.1, -0.05) is 65.7 Å². The fraction of sp³-hybridized carbons (Fsp3) is 0.324. The zero-order chi connectivity index (χ0) is 36.1. The molecule has 0 saturated carbocycles. The van der Waals surface area contributed by atoms with Gasteiger partial charge in [-0.2, -0.15) is 5.10 Å². The van der Waals surface area contributed by atoms with Gasteiger partial charge >= 0.3 is 0 Å². The lowest BCUT2D eigenvalue weighted by molar-refractivity contribution is -0.130. The van der Waals surface area contributed by atoms with Gasteiger partial charge in [0.25, 0.3) is 0 Å². The minimum atomic E-state index is -0.794. The summed E-state index contributed by atoms with van der Waals surface area (Å²) in [6, 6.07) is 19.3. The van der Waals surface area contributed by atoms with Crippen molar-refractivity contribution in [2.45, 2.75) is 44.5 Å². The summed E-state index contributed by atoms with van der Waals surface area (Å²) in [7, 11) is 4.92. The van der Waals surface area contributed by atoms with Crippen LogP contribution in [-0.4, -0.2) is 87.8 Å². The van der Waals surface area contributed by atoms with E-state index < -0.39 is 6.10 Å². The average molecular weight is 732 g/mol. The molecule has 266 valence electrons. The zero-order valence-electron chi connectivity index (χ0n) is 28.6. The van der Waals surface area contributed by atoms with Crippen LogP contribution in [0.15, 0.2) is 66.9 Å². The average Bonchev–Trinajstić information content (AvgIpc) is 3.73. The minimum absolute atomic E-state index is 0.0485. The number of fused-ring (bicyclic) bond motifs is 1. The van der Waals surface area contributed by atoms with Gasteiger partial charge in [-0.05, 0) is 24.6 Å². The summed E-state index contributed by atoms with van der Waals surface area (Å²) < 4.78 is 7.34. The number of aliphatic hydroxyl groups excluding tert-OH is 1. The zero-order valence-corrected chi connectivity index (χ0v) is 30.1. The van der Waals surface area contributed by atoms with E-state index in [9.17, 15) is 14.7 Å². The molecule has 1 fully saturated rings. The Labute approximate surface area is 306 Å². The number of rotatable bonds is 14. The molecule has 1 aliphatic rings. The van der Waals surface area contributed by atoms with E-state index in [1.54, 1.807) is 25.7 Å². The van der Waals surface area contributed by atoms with Crippen LogP contribution in [0.1, 0.15) is 30.5 Å². The van der Waals surface area contributed by atoms with E-state index in [1.165, 1.54) is 4.90 Å². The van der Waals surface area contributed by atoms with Gasteiger partial charge in [0.2, 0.25) is 17.7 Å². The molecule has 5 aromatic rings. The first kappa shape index (κ1) is 36.2. The lowest BCUT2D eigenvalue weighted by Crippen LogP contribution is -2.35. The molecule has 2 amide bonds. The van der Waals surface area contributed by atoms with Crippen LogP contribution in [0.25, 0.3) is 39.3 Å². The highest BCUT2D eigenvalue weighted by Gasteiger charge is 2.21. The Bertz CT molecular complexity index is 2050. The molecule has 51 heavy (non-hydrogen) atoms. The number of carbonyl (C=O) groups excluding carboxylic acids is 2. The van der Waals surface area contributed by atoms with Gasteiger partial charge in [0.15, 0.2) is 5.65 Å². The summed E-state index contributed by atoms with van der Waals surface area (Å²) >= 11 is 14.2. The maximum Gasteiger partial charge on any atom is 0.224 e. The van der Waals surface area contributed by atoms with Gasteiger partial charge in [-0.15, -0.1) is 0 Å². The fourth-order valence-corrected chi connectivity index (χ4v) is 6.65. The third-order valence-electron chi connectivity index (χ3n) is 8.73. The van der Waals surface area contributed by atoms with E-state index >= 15 is 0 Å². The van der Waals surface area contributed by atoms with Crippen molar-refractivity contribution in [1.82, 2.24) is 40.4 Å². The molecule has 1 saturated heterocycles. The van der Waals surface area contributed by atoms with Crippen LogP contribution in [-0.2, 0) is 22.7 Å². The second-order valence-corrected chi connectivity index (χ2v) is 13.4. The number of methoxy groups -OCH3 is 1. The second-order valence-electron chi connectivity index (χ2n) is 12.7. The van der Waals surface area contributed by atoms with Crippen LogP contribution in [0.3, 0.4) is 0 Å². The quantitative estimate of drug-likeness (QED) is 0.127. The summed E-state index contributed by atoms with van der Waals surface area (Å²) in [4.78, 5) is 34.2. The standard InChI is InChI=1S/C37H40Cl2N8O4/c1-46(2)34(50)16-25(48)20-41-19-24-21-47-32(42-24)14-13-31(45-47)29-9-5-7-27(36(29)39)26-6-4-8-28(35(26)38)30-12-10-22(37(44-30)51-3)17-40-18-23-11-15-33(49)43-23/h4-10,12-14,21,23,25,40-41,48H,11,15-20H2,1-3H3,(H,43,49). The van der Waals surface area contributed by atoms with E-state index in [4.69, 9.17) is 38.0 Å². The number of aromatic nitrogens is 4. The molecule has 1 aliphatic heterocycles. The highest BCUT2D eigenvalue weighted by atomic mass is 35.5.